The predicted molar refractivity (Wildman–Crippen MR) is 92.7 cm³/mol. The Balaban J connectivity index is 1.39. The smallest absolute Gasteiger partial charge is 0.134 e. The summed E-state index contributed by atoms with van der Waals surface area (Å²) in [7, 11) is 0. The van der Waals surface area contributed by atoms with Crippen LogP contribution in [0.2, 0.25) is 0 Å². The zero-order valence-corrected chi connectivity index (χ0v) is 13.8. The van der Waals surface area contributed by atoms with Crippen molar-refractivity contribution in [2.45, 2.75) is 32.2 Å². The van der Waals surface area contributed by atoms with Gasteiger partial charge in [-0.15, -0.1) is 0 Å². The summed E-state index contributed by atoms with van der Waals surface area (Å²) in [5, 5.41) is 0. The molecule has 0 atom stereocenters. The second kappa shape index (κ2) is 6.28. The fraction of sp³-hybridized carbons (Fsp3) is 0.474. The highest BCUT2D eigenvalue weighted by Gasteiger charge is 2.28. The molecule has 0 spiro atoms. The predicted octanol–water partition coefficient (Wildman–Crippen LogP) is 2.98. The Hall–Kier alpha value is -1.94. The fourth-order valence-corrected chi connectivity index (χ4v) is 3.24. The van der Waals surface area contributed by atoms with Gasteiger partial charge in [0.05, 0.1) is 0 Å². The molecule has 4 heteroatoms. The number of hydrogen-bond acceptors (Lipinski definition) is 4. The first-order valence-corrected chi connectivity index (χ1v) is 8.65. The van der Waals surface area contributed by atoms with E-state index in [4.69, 9.17) is 4.98 Å². The normalized spacial score (nSPS) is 19.1. The molecule has 4 nitrogen and oxygen atoms in total. The third kappa shape index (κ3) is 3.53. The summed E-state index contributed by atoms with van der Waals surface area (Å²) in [6.07, 6.45) is 2.52. The lowest BCUT2D eigenvalue weighted by Gasteiger charge is -2.35. The number of anilines is 1. The van der Waals surface area contributed by atoms with Crippen molar-refractivity contribution in [3.63, 3.8) is 0 Å². The van der Waals surface area contributed by atoms with Crippen molar-refractivity contribution in [3.8, 4) is 0 Å². The Kier molecular flexibility index (Phi) is 4.00. The number of rotatable bonds is 4. The lowest BCUT2D eigenvalue weighted by Crippen LogP contribution is -2.46. The van der Waals surface area contributed by atoms with E-state index >= 15 is 0 Å². The van der Waals surface area contributed by atoms with Gasteiger partial charge in [0.15, 0.2) is 0 Å². The van der Waals surface area contributed by atoms with Crippen LogP contribution in [-0.2, 0) is 6.54 Å². The lowest BCUT2D eigenvalue weighted by atomic mass is 10.2. The molecule has 2 heterocycles. The van der Waals surface area contributed by atoms with E-state index in [0.717, 1.165) is 50.1 Å². The molecule has 0 unspecified atom stereocenters. The van der Waals surface area contributed by atoms with E-state index in [1.54, 1.807) is 0 Å². The van der Waals surface area contributed by atoms with Gasteiger partial charge in [0.2, 0.25) is 0 Å². The number of nitrogens with zero attached hydrogens (tertiary/aromatic N) is 4. The minimum absolute atomic E-state index is 0.619. The molecule has 0 radical (unpaired) electrons. The van der Waals surface area contributed by atoms with Gasteiger partial charge in [-0.3, -0.25) is 4.90 Å². The summed E-state index contributed by atoms with van der Waals surface area (Å²) in [6, 6.07) is 12.9. The van der Waals surface area contributed by atoms with Gasteiger partial charge in [-0.1, -0.05) is 30.3 Å². The molecule has 1 aliphatic carbocycles. The van der Waals surface area contributed by atoms with E-state index in [1.807, 2.05) is 0 Å². The molecule has 1 aromatic heterocycles. The zero-order valence-electron chi connectivity index (χ0n) is 13.8. The van der Waals surface area contributed by atoms with Crippen LogP contribution in [-0.4, -0.2) is 41.0 Å². The summed E-state index contributed by atoms with van der Waals surface area (Å²) >= 11 is 0. The van der Waals surface area contributed by atoms with Crippen LogP contribution >= 0.6 is 0 Å². The summed E-state index contributed by atoms with van der Waals surface area (Å²) in [5.74, 6) is 2.80. The van der Waals surface area contributed by atoms with Gasteiger partial charge in [0.1, 0.15) is 11.6 Å². The van der Waals surface area contributed by atoms with Crippen LogP contribution < -0.4 is 4.90 Å². The highest BCUT2D eigenvalue weighted by molar-refractivity contribution is 5.41. The van der Waals surface area contributed by atoms with Gasteiger partial charge in [0.25, 0.3) is 0 Å². The topological polar surface area (TPSA) is 32.3 Å². The highest BCUT2D eigenvalue weighted by Crippen LogP contribution is 2.38. The average molecular weight is 308 g/mol. The molecule has 23 heavy (non-hydrogen) atoms. The Morgan fingerprint density at radius 3 is 2.43 bits per heavy atom. The maximum Gasteiger partial charge on any atom is 0.134 e. The van der Waals surface area contributed by atoms with E-state index in [9.17, 15) is 0 Å². The van der Waals surface area contributed by atoms with Crippen LogP contribution in [0.25, 0.3) is 0 Å². The molecule has 0 bridgehead atoms. The van der Waals surface area contributed by atoms with Crippen LogP contribution in [0.1, 0.15) is 35.8 Å². The van der Waals surface area contributed by atoms with Crippen LogP contribution in [0, 0.1) is 6.92 Å². The molecule has 4 rings (SSSR count). The van der Waals surface area contributed by atoms with Gasteiger partial charge in [0, 0.05) is 50.4 Å². The van der Waals surface area contributed by atoms with Crippen molar-refractivity contribution >= 4 is 5.82 Å². The van der Waals surface area contributed by atoms with Crippen LogP contribution in [0.3, 0.4) is 0 Å². The maximum absolute atomic E-state index is 4.82. The van der Waals surface area contributed by atoms with Crippen LogP contribution in [0.4, 0.5) is 5.82 Å². The first kappa shape index (κ1) is 14.6. The summed E-state index contributed by atoms with van der Waals surface area (Å²) < 4.78 is 0. The van der Waals surface area contributed by atoms with E-state index < -0.39 is 0 Å². The van der Waals surface area contributed by atoms with Crippen molar-refractivity contribution in [1.82, 2.24) is 14.9 Å². The monoisotopic (exact) mass is 308 g/mol. The van der Waals surface area contributed by atoms with Crippen LogP contribution in [0.5, 0.6) is 0 Å². The molecule has 2 aliphatic rings. The molecule has 2 aromatic rings. The van der Waals surface area contributed by atoms with Crippen LogP contribution in [0.15, 0.2) is 36.4 Å². The van der Waals surface area contributed by atoms with Crippen molar-refractivity contribution in [2.24, 2.45) is 0 Å². The fourth-order valence-electron chi connectivity index (χ4n) is 3.24. The molecule has 1 saturated heterocycles. The van der Waals surface area contributed by atoms with Gasteiger partial charge in [-0.2, -0.15) is 0 Å². The third-order valence-electron chi connectivity index (χ3n) is 4.75. The van der Waals surface area contributed by atoms with E-state index in [-0.39, 0.29) is 0 Å². The van der Waals surface area contributed by atoms with Crippen molar-refractivity contribution < 1.29 is 0 Å². The average Bonchev–Trinajstić information content (AvgIpc) is 3.41. The number of piperazine rings is 1. The zero-order chi connectivity index (χ0) is 15.6. The van der Waals surface area contributed by atoms with Gasteiger partial charge in [-0.05, 0) is 25.3 Å². The van der Waals surface area contributed by atoms with Gasteiger partial charge >= 0.3 is 0 Å². The van der Waals surface area contributed by atoms with Gasteiger partial charge < -0.3 is 4.90 Å². The second-order valence-electron chi connectivity index (χ2n) is 6.75. The minimum atomic E-state index is 0.619. The molecule has 1 saturated carbocycles. The van der Waals surface area contributed by atoms with Gasteiger partial charge in [-0.25, -0.2) is 9.97 Å². The van der Waals surface area contributed by atoms with E-state index in [0.29, 0.717) is 5.92 Å². The van der Waals surface area contributed by atoms with E-state index in [1.165, 1.54) is 18.4 Å². The standard InChI is InChI=1S/C19H24N4/c1-15-13-18(21-19(20-15)17-7-8-17)23-11-9-22(10-12-23)14-16-5-3-2-4-6-16/h2-6,13,17H,7-12,14H2,1H3. The van der Waals surface area contributed by atoms with Crippen molar-refractivity contribution in [2.75, 3.05) is 31.1 Å². The molecule has 0 N–H and O–H groups in total. The molecule has 1 aromatic carbocycles. The Morgan fingerprint density at radius 2 is 1.74 bits per heavy atom. The first-order valence-electron chi connectivity index (χ1n) is 8.65. The summed E-state index contributed by atoms with van der Waals surface area (Å²) in [6.45, 7) is 7.42. The molecule has 1 aliphatic heterocycles. The highest BCUT2D eigenvalue weighted by atomic mass is 15.3. The summed E-state index contributed by atoms with van der Waals surface area (Å²) in [5.41, 5.74) is 2.50. The number of benzene rings is 1. The molecule has 120 valence electrons. The third-order valence-corrected chi connectivity index (χ3v) is 4.75. The Labute approximate surface area is 138 Å². The lowest BCUT2D eigenvalue weighted by molar-refractivity contribution is 0.249. The quantitative estimate of drug-likeness (QED) is 0.869. The van der Waals surface area contributed by atoms with Crippen molar-refractivity contribution in [1.29, 1.82) is 0 Å². The number of aromatic nitrogens is 2. The molecule has 0 amide bonds. The SMILES string of the molecule is Cc1cc(N2CCN(Cc3ccccc3)CC2)nc(C2CC2)n1. The summed E-state index contributed by atoms with van der Waals surface area (Å²) in [4.78, 5) is 14.4. The number of aryl methyl sites for hydroxylation is 1. The molecular formula is C19H24N4. The Morgan fingerprint density at radius 1 is 1.00 bits per heavy atom. The molecule has 2 fully saturated rings. The Bertz CT molecular complexity index is 658. The maximum atomic E-state index is 4.82. The second-order valence-corrected chi connectivity index (χ2v) is 6.75. The van der Waals surface area contributed by atoms with E-state index in [2.05, 4.69) is 58.1 Å². The van der Waals surface area contributed by atoms with Crippen molar-refractivity contribution in [3.05, 3.63) is 53.5 Å². The largest absolute Gasteiger partial charge is 0.354 e. The first-order chi connectivity index (χ1) is 11.3. The molecular weight excluding hydrogens is 284 g/mol. The minimum Gasteiger partial charge on any atom is -0.354 e. The number of hydrogen-bond donors (Lipinski definition) is 0.